The molecule has 14 nitrogen and oxygen atoms in total. The number of fused-ring (bicyclic) bond motifs is 1. The van der Waals surface area contributed by atoms with Gasteiger partial charge in [0, 0.05) is 85.3 Å². The van der Waals surface area contributed by atoms with Gasteiger partial charge < -0.3 is 34.1 Å². The number of piperidine rings is 1. The third kappa shape index (κ3) is 8.57. The number of aromatic amines is 1. The number of sulfone groups is 1. The van der Waals surface area contributed by atoms with Crippen molar-refractivity contribution in [2.24, 2.45) is 12.5 Å². The van der Waals surface area contributed by atoms with E-state index in [0.717, 1.165) is 76.2 Å². The fourth-order valence-corrected chi connectivity index (χ4v) is 10.1. The third-order valence-corrected chi connectivity index (χ3v) is 14.8. The number of anilines is 2. The van der Waals surface area contributed by atoms with Gasteiger partial charge in [-0.3, -0.25) is 9.59 Å². The molecule has 0 bridgehead atoms. The molecule has 16 heteroatoms. The summed E-state index contributed by atoms with van der Waals surface area (Å²) in [4.78, 5) is 33.7. The highest BCUT2D eigenvalue weighted by Gasteiger charge is 2.45. The predicted molar refractivity (Wildman–Crippen MR) is 242 cm³/mol. The average Bonchev–Trinajstić information content (AvgIpc) is 3.79. The van der Waals surface area contributed by atoms with Gasteiger partial charge in [0.05, 0.1) is 27.3 Å². The lowest BCUT2D eigenvalue weighted by Crippen LogP contribution is -2.60. The molecular formula is C47H47ClN8O6S. The smallest absolute Gasteiger partial charge is 0.274 e. The summed E-state index contributed by atoms with van der Waals surface area (Å²) in [6, 6.07) is 25.4. The Bertz CT molecular complexity index is 2890. The lowest BCUT2D eigenvalue weighted by Gasteiger charge is -2.55. The molecule has 63 heavy (non-hydrogen) atoms. The molecule has 3 aliphatic rings. The van der Waals surface area contributed by atoms with Crippen molar-refractivity contribution in [2.45, 2.75) is 62.5 Å². The number of rotatable bonds is 11. The minimum Gasteiger partial charge on any atom is -0.490 e. The van der Waals surface area contributed by atoms with E-state index in [2.05, 4.69) is 36.4 Å². The molecule has 5 heterocycles. The van der Waals surface area contributed by atoms with Crippen LogP contribution in [0.5, 0.6) is 17.2 Å². The van der Waals surface area contributed by atoms with Gasteiger partial charge in [-0.1, -0.05) is 18.5 Å². The van der Waals surface area contributed by atoms with Crippen molar-refractivity contribution >= 4 is 49.8 Å². The van der Waals surface area contributed by atoms with Crippen LogP contribution in [0.3, 0.4) is 0 Å². The zero-order valence-corrected chi connectivity index (χ0v) is 36.6. The Labute approximate surface area is 370 Å². The zero-order valence-electron chi connectivity index (χ0n) is 35.0. The van der Waals surface area contributed by atoms with Crippen LogP contribution in [0.1, 0.15) is 61.5 Å². The summed E-state index contributed by atoms with van der Waals surface area (Å²) in [5, 5.41) is 22.0. The van der Waals surface area contributed by atoms with Gasteiger partial charge in [-0.25, -0.2) is 8.42 Å². The summed E-state index contributed by atoms with van der Waals surface area (Å²) in [6.07, 6.45) is 8.61. The molecule has 2 saturated heterocycles. The van der Waals surface area contributed by atoms with Crippen molar-refractivity contribution in [1.82, 2.24) is 25.1 Å². The lowest BCUT2D eigenvalue weighted by atomic mass is 9.71. The van der Waals surface area contributed by atoms with E-state index in [-0.39, 0.29) is 39.7 Å². The van der Waals surface area contributed by atoms with Crippen LogP contribution in [-0.2, 0) is 16.9 Å². The molecule has 2 N–H and O–H groups in total. The molecule has 2 aliphatic heterocycles. The van der Waals surface area contributed by atoms with E-state index in [1.54, 1.807) is 68.8 Å². The number of nitrogens with one attached hydrogen (secondary N) is 2. The quantitative estimate of drug-likeness (QED) is 0.131. The second-order valence-corrected chi connectivity index (χ2v) is 19.5. The lowest BCUT2D eigenvalue weighted by molar-refractivity contribution is 0.0888. The van der Waals surface area contributed by atoms with E-state index in [1.165, 1.54) is 4.57 Å². The Hall–Kier alpha value is -6.37. The predicted octanol–water partition coefficient (Wildman–Crippen LogP) is 7.66. The van der Waals surface area contributed by atoms with Crippen LogP contribution in [0.4, 0.5) is 11.5 Å². The number of carbonyl (C=O) groups excluding carboxylic acids is 1. The number of pyridine rings is 1. The second kappa shape index (κ2) is 17.1. The van der Waals surface area contributed by atoms with Crippen LogP contribution in [0.25, 0.3) is 22.0 Å². The molecule has 0 unspecified atom stereocenters. The second-order valence-electron chi connectivity index (χ2n) is 16.8. The largest absolute Gasteiger partial charge is 0.490 e. The average molecular weight is 887 g/mol. The minimum atomic E-state index is -3.50. The van der Waals surface area contributed by atoms with E-state index in [0.29, 0.717) is 55.6 Å². The topological polar surface area (TPSA) is 176 Å². The fraction of sp³-hybridized carbons (Fsp3) is 0.340. The Morgan fingerprint density at radius 2 is 1.68 bits per heavy atom. The van der Waals surface area contributed by atoms with Crippen molar-refractivity contribution in [3.05, 3.63) is 118 Å². The Balaban J connectivity index is 0.768. The first-order valence-corrected chi connectivity index (χ1v) is 23.3. The number of amides is 1. The number of aryl methyl sites for hydroxylation is 1. The van der Waals surface area contributed by atoms with E-state index >= 15 is 0 Å². The first-order chi connectivity index (χ1) is 30.4. The van der Waals surface area contributed by atoms with Gasteiger partial charge in [0.1, 0.15) is 28.8 Å². The van der Waals surface area contributed by atoms with Crippen molar-refractivity contribution in [3.63, 3.8) is 0 Å². The summed E-state index contributed by atoms with van der Waals surface area (Å²) in [7, 11) is -1.84. The van der Waals surface area contributed by atoms with Crippen molar-refractivity contribution in [3.8, 4) is 34.4 Å². The van der Waals surface area contributed by atoms with Crippen molar-refractivity contribution < 1.29 is 22.7 Å². The number of carbonyl (C=O) groups is 1. The number of hydrogen-bond donors (Lipinski definition) is 2. The van der Waals surface area contributed by atoms with Gasteiger partial charge in [-0.05, 0) is 111 Å². The molecule has 1 aliphatic carbocycles. The maximum atomic E-state index is 13.1. The van der Waals surface area contributed by atoms with Gasteiger partial charge in [0.25, 0.3) is 11.5 Å². The highest BCUT2D eigenvalue weighted by molar-refractivity contribution is 7.91. The number of aromatic nitrogens is 4. The zero-order chi connectivity index (χ0) is 43.9. The Kier molecular flexibility index (Phi) is 11.4. The summed E-state index contributed by atoms with van der Waals surface area (Å²) >= 11 is 6.16. The first kappa shape index (κ1) is 42.0. The summed E-state index contributed by atoms with van der Waals surface area (Å²) < 4.78 is 39.8. The molecular weight excluding hydrogens is 840 g/mol. The van der Waals surface area contributed by atoms with Gasteiger partial charge in [-0.2, -0.15) is 5.26 Å². The number of halogens is 1. The summed E-state index contributed by atoms with van der Waals surface area (Å²) in [5.41, 5.74) is 3.54. The SMILES string of the molecule is CCS(=O)(=O)c1ccc(Oc2ccc(N3CC4(CCN(c5ccc(C(=O)NC6CCC(Oc7ccc(C#N)c(Cl)c7)CC6)nn5)CC4)C3)cc2)c(-c2cn(C)c(=O)c3[nH]ccc23)c1. The van der Waals surface area contributed by atoms with Crippen LogP contribution >= 0.6 is 11.6 Å². The molecule has 324 valence electrons. The molecule has 0 radical (unpaired) electrons. The van der Waals surface area contributed by atoms with E-state index in [4.69, 9.17) is 26.3 Å². The number of nitriles is 1. The fourth-order valence-electron chi connectivity index (χ4n) is 9.03. The minimum absolute atomic E-state index is 0.0154. The molecule has 3 aromatic heterocycles. The standard InChI is InChI=1S/C47H47ClN8O6S/c1-3-63(59,60)36-14-16-42(38(25-36)39-27-54(2)46(58)44-37(39)18-21-50-44)62-34-12-7-32(8-13-34)56-28-47(29-56)19-22-55(23-20-47)43-17-15-41(52-53-43)45(57)51-31-5-10-33(11-6-31)61-35-9-4-30(26-49)40(48)24-35/h4,7-9,12-18,21,24-25,27,31,33,50H,3,5-6,10-11,19-20,22-23,28-29H2,1-2H3,(H,51,57). The van der Waals surface area contributed by atoms with Gasteiger partial charge >= 0.3 is 0 Å². The molecule has 3 aromatic carbocycles. The first-order valence-electron chi connectivity index (χ1n) is 21.2. The Morgan fingerprint density at radius 1 is 0.937 bits per heavy atom. The van der Waals surface area contributed by atoms with Gasteiger partial charge in [0.2, 0.25) is 0 Å². The van der Waals surface area contributed by atoms with Crippen LogP contribution in [0.2, 0.25) is 5.02 Å². The highest BCUT2D eigenvalue weighted by Crippen LogP contribution is 2.44. The maximum Gasteiger partial charge on any atom is 0.274 e. The van der Waals surface area contributed by atoms with Crippen LogP contribution in [0, 0.1) is 16.7 Å². The van der Waals surface area contributed by atoms with Crippen LogP contribution in [0.15, 0.2) is 101 Å². The van der Waals surface area contributed by atoms with E-state index in [1.807, 2.05) is 36.4 Å². The van der Waals surface area contributed by atoms with Gasteiger partial charge in [-0.15, -0.1) is 10.2 Å². The summed E-state index contributed by atoms with van der Waals surface area (Å²) in [5.74, 6) is 2.23. The third-order valence-electron chi connectivity index (χ3n) is 12.8. The maximum absolute atomic E-state index is 13.1. The molecule has 9 rings (SSSR count). The van der Waals surface area contributed by atoms with E-state index < -0.39 is 9.84 Å². The number of benzene rings is 3. The number of hydrogen-bond acceptors (Lipinski definition) is 11. The molecule has 0 atom stereocenters. The number of H-pyrrole nitrogens is 1. The molecule has 1 spiro atoms. The molecule has 1 amide bonds. The molecule has 3 fully saturated rings. The van der Waals surface area contributed by atoms with E-state index in [9.17, 15) is 18.0 Å². The van der Waals surface area contributed by atoms with Gasteiger partial charge in [0.15, 0.2) is 21.3 Å². The monoisotopic (exact) mass is 886 g/mol. The normalized spacial score (nSPS) is 18.4. The Morgan fingerprint density at radius 3 is 2.37 bits per heavy atom. The van der Waals surface area contributed by atoms with Crippen LogP contribution < -0.4 is 30.1 Å². The van der Waals surface area contributed by atoms with Crippen molar-refractivity contribution in [2.75, 3.05) is 41.7 Å². The van der Waals surface area contributed by atoms with Crippen LogP contribution in [-0.4, -0.2) is 78.2 Å². The highest BCUT2D eigenvalue weighted by atomic mass is 35.5. The molecule has 6 aromatic rings. The van der Waals surface area contributed by atoms with Crippen molar-refractivity contribution in [1.29, 1.82) is 5.26 Å². The number of nitrogens with zero attached hydrogens (tertiary/aromatic N) is 6. The number of ether oxygens (including phenoxy) is 2. The summed E-state index contributed by atoms with van der Waals surface area (Å²) in [6.45, 7) is 5.21. The molecule has 1 saturated carbocycles.